The number of thiophene rings is 1. The van der Waals surface area contributed by atoms with Gasteiger partial charge in [-0.15, -0.1) is 11.3 Å². The number of hydrogen-bond donors (Lipinski definition) is 1. The van der Waals surface area contributed by atoms with Gasteiger partial charge in [-0.3, -0.25) is 9.59 Å². The molecule has 1 saturated carbocycles. The summed E-state index contributed by atoms with van der Waals surface area (Å²) in [5.41, 5.74) is 4.09. The first-order valence-electron chi connectivity index (χ1n) is 18.0. The molecule has 2 atom stereocenters. The van der Waals surface area contributed by atoms with Crippen molar-refractivity contribution in [1.29, 1.82) is 0 Å². The van der Waals surface area contributed by atoms with E-state index in [2.05, 4.69) is 39.1 Å². The Bertz CT molecular complexity index is 1660. The minimum absolute atomic E-state index is 0.0877. The molecule has 2 amide bonds. The average Bonchev–Trinajstić information content (AvgIpc) is 3.60. The summed E-state index contributed by atoms with van der Waals surface area (Å²) < 4.78 is 0. The van der Waals surface area contributed by atoms with Gasteiger partial charge in [-0.05, 0) is 78.5 Å². The molecular weight excluding hydrogens is 633 g/mol. The number of likely N-dealkylation sites (tertiary alicyclic amines) is 1. The third kappa shape index (κ3) is 8.31. The summed E-state index contributed by atoms with van der Waals surface area (Å²) >= 11 is 1.42. The van der Waals surface area contributed by atoms with Crippen LogP contribution >= 0.6 is 11.3 Å². The molecule has 3 aliphatic rings. The van der Waals surface area contributed by atoms with Crippen LogP contribution in [0.25, 0.3) is 17.0 Å². The number of aliphatic carboxylic acids is 1. The molecule has 1 aliphatic heterocycles. The Morgan fingerprint density at radius 2 is 1.63 bits per heavy atom. The maximum atomic E-state index is 13.5. The van der Waals surface area contributed by atoms with E-state index in [4.69, 9.17) is 9.97 Å². The van der Waals surface area contributed by atoms with Crippen molar-refractivity contribution < 1.29 is 19.5 Å². The Labute approximate surface area is 294 Å². The molecular formula is C40H49N4O4S-. The summed E-state index contributed by atoms with van der Waals surface area (Å²) in [5, 5.41) is 14.2. The molecule has 1 aromatic carbocycles. The molecule has 9 heteroatoms. The lowest BCUT2D eigenvalue weighted by molar-refractivity contribution is -0.315. The lowest BCUT2D eigenvalue weighted by Crippen LogP contribution is -2.61. The minimum atomic E-state index is -1.16. The molecule has 0 spiro atoms. The average molecular weight is 682 g/mol. The molecule has 1 saturated heterocycles. The third-order valence-electron chi connectivity index (χ3n) is 11.0. The standard InChI is InChI=1S/C40H50N4O4S/c1-5-25-6-10-27(11-7-25)28-14-16-29(17-15-28)31-21-41-36(42-22-31)30-12-8-26(9-13-30)20-33(38(46)44-23-32(24-44)39(47)48)43-37(45)34-18-19-35(49-34)40(2,3)4/h8-9,12-13,16,18-19,21-22,25,27-28,32-33H,5-7,10-11,14-15,17,20,23-24H2,1-4H3,(H,43,45)(H,47,48)/p-1/t25?,27?,28?,33-/m0/s1. The molecule has 2 fully saturated rings. The predicted molar refractivity (Wildman–Crippen MR) is 192 cm³/mol. The van der Waals surface area contributed by atoms with Crippen molar-refractivity contribution in [3.05, 3.63) is 75.7 Å². The normalized spacial score (nSPS) is 22.2. The van der Waals surface area contributed by atoms with Crippen molar-refractivity contribution >= 4 is 34.7 Å². The first kappa shape index (κ1) is 35.0. The van der Waals surface area contributed by atoms with Gasteiger partial charge in [0.1, 0.15) is 6.04 Å². The van der Waals surface area contributed by atoms with Crippen molar-refractivity contribution in [2.24, 2.45) is 23.7 Å². The van der Waals surface area contributed by atoms with Crippen LogP contribution in [0.2, 0.25) is 0 Å². The lowest BCUT2D eigenvalue weighted by Gasteiger charge is -2.41. The topological polar surface area (TPSA) is 115 Å². The van der Waals surface area contributed by atoms with Crippen molar-refractivity contribution in [3.8, 4) is 11.4 Å². The fourth-order valence-corrected chi connectivity index (χ4v) is 8.57. The SMILES string of the molecule is CCC1CCC(C2CC=C(c3cnc(-c4ccc(C[C@H](NC(=O)c5ccc(C(C)(C)C)s5)C(=O)N5CC(C(=O)[O-])C5)cc4)nc3)CC2)CC1. The van der Waals surface area contributed by atoms with E-state index >= 15 is 0 Å². The smallest absolute Gasteiger partial charge is 0.262 e. The van der Waals surface area contributed by atoms with Gasteiger partial charge in [0.25, 0.3) is 5.91 Å². The second-order valence-electron chi connectivity index (χ2n) is 15.3. The largest absolute Gasteiger partial charge is 0.550 e. The molecule has 3 aromatic rings. The minimum Gasteiger partial charge on any atom is -0.550 e. The zero-order valence-electron chi connectivity index (χ0n) is 29.2. The van der Waals surface area contributed by atoms with E-state index in [1.807, 2.05) is 42.7 Å². The zero-order chi connectivity index (χ0) is 34.7. The summed E-state index contributed by atoms with van der Waals surface area (Å²) in [6, 6.07) is 10.6. The monoisotopic (exact) mass is 681 g/mol. The summed E-state index contributed by atoms with van der Waals surface area (Å²) in [7, 11) is 0. The van der Waals surface area contributed by atoms with E-state index in [9.17, 15) is 19.5 Å². The van der Waals surface area contributed by atoms with Gasteiger partial charge in [-0.25, -0.2) is 9.97 Å². The molecule has 6 rings (SSSR count). The van der Waals surface area contributed by atoms with Gasteiger partial charge in [-0.2, -0.15) is 0 Å². The Hall–Kier alpha value is -3.85. The van der Waals surface area contributed by atoms with Crippen LogP contribution in [0.15, 0.2) is 54.9 Å². The van der Waals surface area contributed by atoms with Crippen molar-refractivity contribution in [3.63, 3.8) is 0 Å². The maximum absolute atomic E-state index is 13.5. The van der Waals surface area contributed by atoms with Crippen LogP contribution < -0.4 is 10.4 Å². The van der Waals surface area contributed by atoms with E-state index in [-0.39, 0.29) is 36.7 Å². The van der Waals surface area contributed by atoms with Gasteiger partial charge >= 0.3 is 0 Å². The lowest BCUT2D eigenvalue weighted by atomic mass is 9.71. The quantitative estimate of drug-likeness (QED) is 0.263. The first-order valence-corrected chi connectivity index (χ1v) is 18.8. The Kier molecular flexibility index (Phi) is 10.7. The Balaban J connectivity index is 1.09. The number of allylic oxidation sites excluding steroid dienone is 2. The third-order valence-corrected chi connectivity index (χ3v) is 12.5. The van der Waals surface area contributed by atoms with E-state index in [1.54, 1.807) is 6.07 Å². The first-order chi connectivity index (χ1) is 23.5. The number of carboxylic acid groups (broad SMARTS) is 1. The molecule has 1 unspecified atom stereocenters. The highest BCUT2D eigenvalue weighted by Gasteiger charge is 2.36. The van der Waals surface area contributed by atoms with Gasteiger partial charge < -0.3 is 20.1 Å². The van der Waals surface area contributed by atoms with Crippen LogP contribution in [0.4, 0.5) is 0 Å². The maximum Gasteiger partial charge on any atom is 0.262 e. The highest BCUT2D eigenvalue weighted by molar-refractivity contribution is 7.14. The van der Waals surface area contributed by atoms with E-state index < -0.39 is 17.9 Å². The predicted octanol–water partition coefficient (Wildman–Crippen LogP) is 6.45. The van der Waals surface area contributed by atoms with Crippen LogP contribution in [0, 0.1) is 23.7 Å². The fourth-order valence-electron chi connectivity index (χ4n) is 7.60. The van der Waals surface area contributed by atoms with Crippen LogP contribution in [0.3, 0.4) is 0 Å². The van der Waals surface area contributed by atoms with E-state index in [0.29, 0.717) is 10.7 Å². The number of nitrogens with zero attached hydrogens (tertiary/aromatic N) is 3. The highest BCUT2D eigenvalue weighted by atomic mass is 32.1. The van der Waals surface area contributed by atoms with Crippen LogP contribution in [0.5, 0.6) is 0 Å². The van der Waals surface area contributed by atoms with Crippen LogP contribution in [-0.2, 0) is 21.4 Å². The van der Waals surface area contributed by atoms with Crippen LogP contribution in [-0.4, -0.2) is 51.8 Å². The molecule has 0 radical (unpaired) electrons. The van der Waals surface area contributed by atoms with Gasteiger partial charge in [0.15, 0.2) is 5.82 Å². The number of carbonyl (C=O) groups excluding carboxylic acids is 3. The van der Waals surface area contributed by atoms with E-state index in [0.717, 1.165) is 52.2 Å². The Morgan fingerprint density at radius 1 is 0.939 bits per heavy atom. The fraction of sp³-hybridized carbons (Fsp3) is 0.525. The van der Waals surface area contributed by atoms with Crippen molar-refractivity contribution in [2.75, 3.05) is 13.1 Å². The molecule has 1 N–H and O–H groups in total. The zero-order valence-corrected chi connectivity index (χ0v) is 30.1. The van der Waals surface area contributed by atoms with Crippen molar-refractivity contribution in [2.45, 2.75) is 96.9 Å². The van der Waals surface area contributed by atoms with Gasteiger partial charge in [-0.1, -0.05) is 77.3 Å². The molecule has 0 bridgehead atoms. The molecule has 8 nitrogen and oxygen atoms in total. The molecule has 2 aromatic heterocycles. The van der Waals surface area contributed by atoms with Gasteiger partial charge in [0.05, 0.1) is 4.88 Å². The number of benzene rings is 1. The van der Waals surface area contributed by atoms with Gasteiger partial charge in [0, 0.05) is 59.8 Å². The number of rotatable bonds is 10. The number of carboxylic acids is 1. The van der Waals surface area contributed by atoms with Crippen molar-refractivity contribution in [1.82, 2.24) is 20.2 Å². The van der Waals surface area contributed by atoms with Crippen LogP contribution in [0.1, 0.15) is 105 Å². The summed E-state index contributed by atoms with van der Waals surface area (Å²) in [6.07, 6.45) is 17.0. The molecule has 3 heterocycles. The summed E-state index contributed by atoms with van der Waals surface area (Å²) in [4.78, 5) is 50.5. The highest BCUT2D eigenvalue weighted by Crippen LogP contribution is 2.41. The summed E-state index contributed by atoms with van der Waals surface area (Å²) in [5.74, 6) is 0.815. The molecule has 2 aliphatic carbocycles. The summed E-state index contributed by atoms with van der Waals surface area (Å²) in [6.45, 7) is 8.78. The second-order valence-corrected chi connectivity index (χ2v) is 16.4. The van der Waals surface area contributed by atoms with Gasteiger partial charge in [0.2, 0.25) is 5.91 Å². The second kappa shape index (κ2) is 15.0. The number of hydrogen-bond acceptors (Lipinski definition) is 7. The number of nitrogens with one attached hydrogen (secondary N) is 1. The molecule has 260 valence electrons. The number of aromatic nitrogens is 2. The van der Waals surface area contributed by atoms with E-state index in [1.165, 1.54) is 60.3 Å². The molecule has 49 heavy (non-hydrogen) atoms. The number of amides is 2. The Morgan fingerprint density at radius 3 is 2.20 bits per heavy atom. The number of carbonyl (C=O) groups is 3.